The molecule has 28 heavy (non-hydrogen) atoms. The lowest BCUT2D eigenvalue weighted by atomic mass is 10.00. The molecule has 0 atom stereocenters. The largest absolute Gasteiger partial charge is 0.342 e. The van der Waals surface area contributed by atoms with E-state index >= 15 is 0 Å². The van der Waals surface area contributed by atoms with E-state index in [0.717, 1.165) is 34.4 Å². The average Bonchev–Trinajstić information content (AvgIpc) is 3.13. The quantitative estimate of drug-likeness (QED) is 0.401. The fraction of sp³-hybridized carbons (Fsp3) is 0.120. The van der Waals surface area contributed by atoms with Gasteiger partial charge in [0, 0.05) is 29.3 Å². The number of aromatic nitrogens is 3. The summed E-state index contributed by atoms with van der Waals surface area (Å²) >= 11 is 0. The smallest absolute Gasteiger partial charge is 0.106 e. The molecule has 0 N–H and O–H groups in total. The summed E-state index contributed by atoms with van der Waals surface area (Å²) in [6, 6.07) is 25.6. The van der Waals surface area contributed by atoms with Gasteiger partial charge < -0.3 is 4.57 Å². The van der Waals surface area contributed by atoms with Crippen LogP contribution in [0.15, 0.2) is 79.0 Å². The molecular weight excluding hydrogens is 342 g/mol. The summed E-state index contributed by atoms with van der Waals surface area (Å²) in [5.74, 6) is 0. The molecule has 5 rings (SSSR count). The van der Waals surface area contributed by atoms with Crippen LogP contribution < -0.4 is 0 Å². The van der Waals surface area contributed by atoms with Crippen LogP contribution in [0.1, 0.15) is 16.7 Å². The fourth-order valence-electron chi connectivity index (χ4n) is 3.79. The number of nitrogens with zero attached hydrogens (tertiary/aromatic N) is 3. The van der Waals surface area contributed by atoms with Crippen LogP contribution in [0.2, 0.25) is 0 Å². The lowest BCUT2D eigenvalue weighted by Gasteiger charge is -2.16. The van der Waals surface area contributed by atoms with Crippen molar-refractivity contribution < 1.29 is 0 Å². The van der Waals surface area contributed by atoms with E-state index in [1.807, 2.05) is 0 Å². The van der Waals surface area contributed by atoms with Gasteiger partial charge in [0.15, 0.2) is 0 Å². The minimum Gasteiger partial charge on any atom is -0.342 e. The Morgan fingerprint density at radius 3 is 2.25 bits per heavy atom. The molecule has 0 fully saturated rings. The van der Waals surface area contributed by atoms with Gasteiger partial charge in [0.2, 0.25) is 0 Å². The van der Waals surface area contributed by atoms with E-state index in [1.54, 1.807) is 0 Å². The Labute approximate surface area is 164 Å². The lowest BCUT2D eigenvalue weighted by molar-refractivity contribution is 0.828. The number of fused-ring (bicyclic) bond motifs is 3. The molecule has 0 aromatic heterocycles. The molecule has 3 aromatic rings. The monoisotopic (exact) mass is 363 g/mol. The number of pyridine rings is 1. The first-order valence-electron chi connectivity index (χ1n) is 9.56. The van der Waals surface area contributed by atoms with Crippen LogP contribution in [0.25, 0.3) is 33.4 Å². The highest BCUT2D eigenvalue weighted by atomic mass is 15.1. The second-order valence-corrected chi connectivity index (χ2v) is 7.44. The Bertz CT molecular complexity index is 1230. The molecule has 0 unspecified atom stereocenters. The molecule has 0 radical (unpaired) electrons. The maximum absolute atomic E-state index is 4.57. The number of hydrogen-bond donors (Lipinski definition) is 0. The molecule has 3 nitrogen and oxygen atoms in total. The molecule has 0 saturated heterocycles. The summed E-state index contributed by atoms with van der Waals surface area (Å²) in [5, 5.41) is 10.3. The molecule has 2 heterocycles. The summed E-state index contributed by atoms with van der Waals surface area (Å²) in [6.45, 7) is 5.04. The van der Waals surface area contributed by atoms with Gasteiger partial charge in [-0.3, -0.25) is 0 Å². The van der Waals surface area contributed by atoms with E-state index < -0.39 is 0 Å². The van der Waals surface area contributed by atoms with E-state index in [-0.39, 0.29) is 0 Å². The van der Waals surface area contributed by atoms with Crippen molar-refractivity contribution in [3.8, 4) is 22.5 Å². The van der Waals surface area contributed by atoms with Gasteiger partial charge in [-0.25, -0.2) is 0 Å². The zero-order valence-electron chi connectivity index (χ0n) is 16.1. The van der Waals surface area contributed by atoms with Crippen LogP contribution in [0.4, 0.5) is 0 Å². The number of rotatable bonds is 3. The van der Waals surface area contributed by atoms with Gasteiger partial charge >= 0.3 is 0 Å². The van der Waals surface area contributed by atoms with Crippen LogP contribution in [0.3, 0.4) is 0 Å². The highest BCUT2D eigenvalue weighted by Crippen LogP contribution is 2.37. The van der Waals surface area contributed by atoms with E-state index in [9.17, 15) is 0 Å². The Hall–Kier alpha value is -3.46. The van der Waals surface area contributed by atoms with Crippen LogP contribution in [0, 0.1) is 13.8 Å². The lowest BCUT2D eigenvalue weighted by Crippen LogP contribution is -2.04. The fourth-order valence-corrected chi connectivity index (χ4v) is 3.79. The van der Waals surface area contributed by atoms with E-state index in [0.29, 0.717) is 0 Å². The van der Waals surface area contributed by atoms with Gasteiger partial charge in [-0.2, -0.15) is 0 Å². The summed E-state index contributed by atoms with van der Waals surface area (Å²) in [6.07, 6.45) is 2.20. The standard InChI is InChI=1S/C25H21N3/c1-17-8-11-20(12-9-17)24-22-16-28(15-19-6-4-3-5-7-19)23-13-10-18(2)14-21(23)25(22)27-26-24/h3-14,16H,15H2,1-2H3. The third-order valence-corrected chi connectivity index (χ3v) is 5.28. The van der Waals surface area contributed by atoms with Crippen molar-refractivity contribution in [1.29, 1.82) is 0 Å². The first kappa shape index (κ1) is 16.7. The van der Waals surface area contributed by atoms with Crippen molar-refractivity contribution in [2.75, 3.05) is 0 Å². The van der Waals surface area contributed by atoms with Gasteiger partial charge in [-0.05, 0) is 31.5 Å². The third kappa shape index (κ3) is 2.85. The van der Waals surface area contributed by atoms with E-state index in [2.05, 4.69) is 108 Å². The molecule has 0 saturated carbocycles. The second kappa shape index (κ2) is 6.61. The van der Waals surface area contributed by atoms with Crippen LogP contribution in [-0.4, -0.2) is 14.8 Å². The van der Waals surface area contributed by atoms with Crippen molar-refractivity contribution in [2.45, 2.75) is 20.4 Å². The van der Waals surface area contributed by atoms with Crippen LogP contribution >= 0.6 is 0 Å². The topological polar surface area (TPSA) is 30.7 Å². The number of hydrogen-bond acceptors (Lipinski definition) is 2. The van der Waals surface area contributed by atoms with Crippen molar-refractivity contribution >= 4 is 10.9 Å². The molecular formula is C25H21N3. The highest BCUT2D eigenvalue weighted by molar-refractivity contribution is 5.98. The SMILES string of the molecule is Cc1ccc(-c2nnc3c4cc(C)ccc4n(Cc4ccccc4)cc2-3)cc1. The van der Waals surface area contributed by atoms with Crippen molar-refractivity contribution in [2.24, 2.45) is 0 Å². The van der Waals surface area contributed by atoms with Gasteiger partial charge in [0.1, 0.15) is 11.4 Å². The van der Waals surface area contributed by atoms with Gasteiger partial charge in [-0.1, -0.05) is 71.8 Å². The minimum atomic E-state index is 0.814. The zero-order chi connectivity index (χ0) is 19.1. The van der Waals surface area contributed by atoms with E-state index in [4.69, 9.17) is 0 Å². The molecule has 3 aromatic carbocycles. The van der Waals surface area contributed by atoms with Crippen molar-refractivity contribution in [3.63, 3.8) is 0 Å². The average molecular weight is 363 g/mol. The molecule has 3 heteroatoms. The Morgan fingerprint density at radius 2 is 1.46 bits per heavy atom. The maximum Gasteiger partial charge on any atom is 0.106 e. The maximum atomic E-state index is 4.57. The molecule has 0 aliphatic carbocycles. The highest BCUT2D eigenvalue weighted by Gasteiger charge is 2.20. The summed E-state index contributed by atoms with van der Waals surface area (Å²) < 4.78 is 2.31. The predicted molar refractivity (Wildman–Crippen MR) is 115 cm³/mol. The van der Waals surface area contributed by atoms with Crippen molar-refractivity contribution in [3.05, 3.63) is 95.7 Å². The third-order valence-electron chi connectivity index (χ3n) is 5.28. The van der Waals surface area contributed by atoms with Crippen molar-refractivity contribution in [1.82, 2.24) is 14.8 Å². The first-order chi connectivity index (χ1) is 13.7. The number of benzene rings is 3. The molecule has 2 aliphatic rings. The minimum absolute atomic E-state index is 0.814. The van der Waals surface area contributed by atoms with Gasteiger partial charge in [0.05, 0.1) is 5.52 Å². The summed E-state index contributed by atoms with van der Waals surface area (Å²) in [7, 11) is 0. The predicted octanol–water partition coefficient (Wildman–Crippen LogP) is 5.87. The zero-order valence-corrected chi connectivity index (χ0v) is 16.1. The first-order valence-corrected chi connectivity index (χ1v) is 9.56. The molecule has 0 spiro atoms. The normalized spacial score (nSPS) is 11.4. The Kier molecular flexibility index (Phi) is 3.94. The summed E-state index contributed by atoms with van der Waals surface area (Å²) in [5.41, 5.74) is 9.04. The summed E-state index contributed by atoms with van der Waals surface area (Å²) in [4.78, 5) is 0. The Morgan fingerprint density at radius 1 is 0.750 bits per heavy atom. The molecule has 0 bridgehead atoms. The Balaban J connectivity index is 1.75. The molecule has 136 valence electrons. The number of aryl methyl sites for hydroxylation is 2. The molecule has 0 amide bonds. The molecule has 2 aliphatic heterocycles. The second-order valence-electron chi connectivity index (χ2n) is 7.44. The van der Waals surface area contributed by atoms with Crippen LogP contribution in [-0.2, 0) is 6.54 Å². The van der Waals surface area contributed by atoms with Crippen LogP contribution in [0.5, 0.6) is 0 Å². The van der Waals surface area contributed by atoms with Gasteiger partial charge in [-0.15, -0.1) is 10.2 Å². The van der Waals surface area contributed by atoms with E-state index in [1.165, 1.54) is 22.2 Å². The van der Waals surface area contributed by atoms with Gasteiger partial charge in [0.25, 0.3) is 0 Å².